The first kappa shape index (κ1) is 22.4. The molecule has 0 N–H and O–H groups in total. The van der Waals surface area contributed by atoms with Gasteiger partial charge in [-0.25, -0.2) is 0 Å². The third kappa shape index (κ3) is 10.8. The fourth-order valence-corrected chi connectivity index (χ4v) is 2.80. The second-order valence-corrected chi connectivity index (χ2v) is 8.04. The van der Waals surface area contributed by atoms with Gasteiger partial charge in [0.2, 0.25) is 0 Å². The minimum absolute atomic E-state index is 0.751. The Morgan fingerprint density at radius 2 is 1.74 bits per heavy atom. The van der Waals surface area contributed by atoms with E-state index >= 15 is 0 Å². The molecule has 0 aliphatic carbocycles. The Bertz CT molecular complexity index is 327. The summed E-state index contributed by atoms with van der Waals surface area (Å²) in [7, 11) is 0. The lowest BCUT2D eigenvalue weighted by Crippen LogP contribution is -2.19. The first-order chi connectivity index (χ1) is 10.8. The second kappa shape index (κ2) is 12.8. The normalized spacial score (nSPS) is 22.4. The Hall–Kier alpha value is -0.560. The number of hydrogen-bond donors (Lipinski definition) is 0. The highest BCUT2D eigenvalue weighted by Gasteiger charge is 2.27. The van der Waals surface area contributed by atoms with Crippen LogP contribution in [-0.4, -0.2) is 24.5 Å². The maximum atomic E-state index is 3.96. The SMILES string of the molecule is C=C/C(=C\CC(C)C)CCC1CN(CC)CC1C.CCC(C)C. The Morgan fingerprint density at radius 1 is 1.13 bits per heavy atom. The van der Waals surface area contributed by atoms with Crippen LogP contribution in [-0.2, 0) is 0 Å². The van der Waals surface area contributed by atoms with E-state index in [9.17, 15) is 0 Å². The average molecular weight is 322 g/mol. The van der Waals surface area contributed by atoms with E-state index in [2.05, 4.69) is 72.1 Å². The monoisotopic (exact) mass is 321 g/mol. The molecular formula is C22H43N. The van der Waals surface area contributed by atoms with E-state index in [0.29, 0.717) is 0 Å². The van der Waals surface area contributed by atoms with Crippen LogP contribution in [0.1, 0.15) is 74.1 Å². The van der Waals surface area contributed by atoms with Gasteiger partial charge in [0.25, 0.3) is 0 Å². The third-order valence-electron chi connectivity index (χ3n) is 5.02. The van der Waals surface area contributed by atoms with Crippen molar-refractivity contribution in [2.75, 3.05) is 19.6 Å². The van der Waals surface area contributed by atoms with E-state index in [1.54, 1.807) is 0 Å². The topological polar surface area (TPSA) is 3.24 Å². The molecule has 0 spiro atoms. The molecule has 1 nitrogen and oxygen atoms in total. The van der Waals surface area contributed by atoms with E-state index in [-0.39, 0.29) is 0 Å². The Labute approximate surface area is 147 Å². The van der Waals surface area contributed by atoms with Crippen molar-refractivity contribution in [1.82, 2.24) is 4.90 Å². The van der Waals surface area contributed by atoms with Gasteiger partial charge in [0, 0.05) is 13.1 Å². The molecule has 1 heterocycles. The molecule has 0 aromatic heterocycles. The number of nitrogens with zero attached hydrogens (tertiary/aromatic N) is 1. The van der Waals surface area contributed by atoms with Crippen LogP contribution in [0, 0.1) is 23.7 Å². The third-order valence-corrected chi connectivity index (χ3v) is 5.02. The molecule has 0 aromatic carbocycles. The highest BCUT2D eigenvalue weighted by atomic mass is 15.1. The van der Waals surface area contributed by atoms with Gasteiger partial charge in [0.15, 0.2) is 0 Å². The number of rotatable bonds is 8. The fourth-order valence-electron chi connectivity index (χ4n) is 2.80. The summed E-state index contributed by atoms with van der Waals surface area (Å²) in [5.74, 6) is 3.38. The standard InChI is InChI=1S/C17H31N.C5H12/c1-6-16(9-8-14(3)4)10-11-17-13-18(7-2)12-15(17)5;1-4-5(2)3/h6,9,14-15,17H,1,7-8,10-13H2,2-5H3;5H,4H2,1-3H3/b16-9+;. The largest absolute Gasteiger partial charge is 0.303 e. The quantitative estimate of drug-likeness (QED) is 0.457. The molecule has 1 rings (SSSR count). The first-order valence-electron chi connectivity index (χ1n) is 9.87. The summed E-state index contributed by atoms with van der Waals surface area (Å²) in [5, 5.41) is 0. The van der Waals surface area contributed by atoms with Gasteiger partial charge in [-0.3, -0.25) is 0 Å². The molecule has 0 radical (unpaired) electrons. The van der Waals surface area contributed by atoms with Crippen LogP contribution in [0.5, 0.6) is 0 Å². The average Bonchev–Trinajstić information content (AvgIpc) is 2.88. The molecule has 1 heteroatoms. The summed E-state index contributed by atoms with van der Waals surface area (Å²) in [5.41, 5.74) is 1.45. The molecule has 0 amide bonds. The van der Waals surface area contributed by atoms with Crippen molar-refractivity contribution in [3.63, 3.8) is 0 Å². The maximum absolute atomic E-state index is 3.96. The second-order valence-electron chi connectivity index (χ2n) is 8.04. The van der Waals surface area contributed by atoms with E-state index in [4.69, 9.17) is 0 Å². The number of allylic oxidation sites excluding steroid dienone is 3. The van der Waals surface area contributed by atoms with Crippen LogP contribution >= 0.6 is 0 Å². The van der Waals surface area contributed by atoms with Gasteiger partial charge in [-0.05, 0) is 49.5 Å². The molecule has 0 bridgehead atoms. The van der Waals surface area contributed by atoms with Crippen LogP contribution in [0.3, 0.4) is 0 Å². The van der Waals surface area contributed by atoms with Gasteiger partial charge in [-0.1, -0.05) is 79.2 Å². The van der Waals surface area contributed by atoms with Crippen molar-refractivity contribution < 1.29 is 0 Å². The lowest BCUT2D eigenvalue weighted by Gasteiger charge is -2.15. The van der Waals surface area contributed by atoms with Crippen molar-refractivity contribution in [2.24, 2.45) is 23.7 Å². The number of likely N-dealkylation sites (tertiary alicyclic amines) is 1. The molecule has 136 valence electrons. The minimum Gasteiger partial charge on any atom is -0.303 e. The van der Waals surface area contributed by atoms with Crippen LogP contribution in [0.15, 0.2) is 24.3 Å². The highest BCUT2D eigenvalue weighted by molar-refractivity contribution is 5.16. The number of hydrogen-bond acceptors (Lipinski definition) is 1. The van der Waals surface area contributed by atoms with E-state index in [1.165, 1.54) is 50.9 Å². The van der Waals surface area contributed by atoms with Gasteiger partial charge in [-0.15, -0.1) is 0 Å². The summed E-state index contributed by atoms with van der Waals surface area (Å²) in [6.45, 7) is 23.6. The van der Waals surface area contributed by atoms with Crippen molar-refractivity contribution in [1.29, 1.82) is 0 Å². The lowest BCUT2D eigenvalue weighted by atomic mass is 9.91. The molecule has 23 heavy (non-hydrogen) atoms. The fraction of sp³-hybridized carbons (Fsp3) is 0.818. The van der Waals surface area contributed by atoms with Crippen LogP contribution in [0.2, 0.25) is 0 Å². The van der Waals surface area contributed by atoms with E-state index < -0.39 is 0 Å². The van der Waals surface area contributed by atoms with Gasteiger partial charge in [-0.2, -0.15) is 0 Å². The minimum atomic E-state index is 0.751. The van der Waals surface area contributed by atoms with Gasteiger partial charge in [0.05, 0.1) is 0 Å². The predicted octanol–water partition coefficient (Wildman–Crippen LogP) is 6.57. The molecule has 0 saturated carbocycles. The molecule has 0 aromatic rings. The van der Waals surface area contributed by atoms with Gasteiger partial charge >= 0.3 is 0 Å². The smallest absolute Gasteiger partial charge is 0.00128 e. The molecular weight excluding hydrogens is 278 g/mol. The molecule has 2 unspecified atom stereocenters. The van der Waals surface area contributed by atoms with Gasteiger partial charge in [0.1, 0.15) is 0 Å². The van der Waals surface area contributed by atoms with Crippen LogP contribution in [0.4, 0.5) is 0 Å². The van der Waals surface area contributed by atoms with Crippen molar-refractivity contribution >= 4 is 0 Å². The zero-order valence-electron chi connectivity index (χ0n) is 17.1. The zero-order valence-corrected chi connectivity index (χ0v) is 17.1. The van der Waals surface area contributed by atoms with Crippen molar-refractivity contribution in [3.05, 3.63) is 24.3 Å². The summed E-state index contributed by atoms with van der Waals surface area (Å²) < 4.78 is 0. The molecule has 1 aliphatic heterocycles. The highest BCUT2D eigenvalue weighted by Crippen LogP contribution is 2.28. The molecule has 1 fully saturated rings. The zero-order chi connectivity index (χ0) is 17.8. The predicted molar refractivity (Wildman–Crippen MR) is 107 cm³/mol. The van der Waals surface area contributed by atoms with Crippen molar-refractivity contribution in [2.45, 2.75) is 74.1 Å². The van der Waals surface area contributed by atoms with Crippen LogP contribution in [0.25, 0.3) is 0 Å². The maximum Gasteiger partial charge on any atom is 0.00128 e. The summed E-state index contributed by atoms with van der Waals surface area (Å²) in [6.07, 6.45) is 9.47. The summed E-state index contributed by atoms with van der Waals surface area (Å²) >= 11 is 0. The van der Waals surface area contributed by atoms with E-state index in [0.717, 1.165) is 23.7 Å². The van der Waals surface area contributed by atoms with Gasteiger partial charge < -0.3 is 4.90 Å². The Balaban J connectivity index is 0.000000841. The summed E-state index contributed by atoms with van der Waals surface area (Å²) in [4.78, 5) is 2.58. The van der Waals surface area contributed by atoms with Crippen LogP contribution < -0.4 is 0 Å². The van der Waals surface area contributed by atoms with Crippen molar-refractivity contribution in [3.8, 4) is 0 Å². The molecule has 2 atom stereocenters. The summed E-state index contributed by atoms with van der Waals surface area (Å²) in [6, 6.07) is 0. The lowest BCUT2D eigenvalue weighted by molar-refractivity contribution is 0.337. The molecule has 1 saturated heterocycles. The Morgan fingerprint density at radius 3 is 2.13 bits per heavy atom. The molecule has 1 aliphatic rings. The van der Waals surface area contributed by atoms with E-state index in [1.807, 2.05) is 0 Å². The first-order valence-corrected chi connectivity index (χ1v) is 9.87. The Kier molecular flexibility index (Phi) is 12.5.